The standard InChI is InChI=1S/C12H26N2O/c1-12(2,15)11-13(3)7-6-10-14-8-4-5-9-14/h15H,4-11H2,1-3H3. The van der Waals surface area contributed by atoms with Crippen LogP contribution in [0.2, 0.25) is 0 Å². The third-order valence-corrected chi connectivity index (χ3v) is 2.87. The Balaban J connectivity index is 2.03. The largest absolute Gasteiger partial charge is 0.389 e. The van der Waals surface area contributed by atoms with Crippen molar-refractivity contribution in [2.45, 2.75) is 38.7 Å². The number of hydrogen-bond acceptors (Lipinski definition) is 3. The van der Waals surface area contributed by atoms with Gasteiger partial charge in [0.1, 0.15) is 0 Å². The fourth-order valence-electron chi connectivity index (χ4n) is 2.31. The highest BCUT2D eigenvalue weighted by Crippen LogP contribution is 2.08. The molecule has 0 atom stereocenters. The first kappa shape index (κ1) is 12.9. The molecule has 3 heteroatoms. The van der Waals surface area contributed by atoms with Gasteiger partial charge < -0.3 is 14.9 Å². The third kappa shape index (κ3) is 6.13. The first-order chi connectivity index (χ1) is 6.97. The van der Waals surface area contributed by atoms with Crippen LogP contribution >= 0.6 is 0 Å². The molecule has 0 amide bonds. The topological polar surface area (TPSA) is 26.7 Å². The van der Waals surface area contributed by atoms with Gasteiger partial charge >= 0.3 is 0 Å². The Labute approximate surface area is 94.1 Å². The summed E-state index contributed by atoms with van der Waals surface area (Å²) >= 11 is 0. The minimum Gasteiger partial charge on any atom is -0.389 e. The van der Waals surface area contributed by atoms with E-state index in [-0.39, 0.29) is 0 Å². The highest BCUT2D eigenvalue weighted by Gasteiger charge is 2.16. The van der Waals surface area contributed by atoms with Crippen molar-refractivity contribution in [2.75, 3.05) is 39.8 Å². The fraction of sp³-hybridized carbons (Fsp3) is 1.00. The molecule has 15 heavy (non-hydrogen) atoms. The van der Waals surface area contributed by atoms with Gasteiger partial charge in [0, 0.05) is 6.54 Å². The average molecular weight is 214 g/mol. The second-order valence-electron chi connectivity index (χ2n) is 5.45. The van der Waals surface area contributed by atoms with Crippen LogP contribution in [0, 0.1) is 0 Å². The van der Waals surface area contributed by atoms with Gasteiger partial charge in [-0.3, -0.25) is 0 Å². The van der Waals surface area contributed by atoms with Crippen molar-refractivity contribution in [1.29, 1.82) is 0 Å². The number of rotatable bonds is 6. The molecule has 0 radical (unpaired) electrons. The van der Waals surface area contributed by atoms with E-state index in [4.69, 9.17) is 0 Å². The summed E-state index contributed by atoms with van der Waals surface area (Å²) in [6.07, 6.45) is 3.96. The summed E-state index contributed by atoms with van der Waals surface area (Å²) in [4.78, 5) is 4.76. The minimum absolute atomic E-state index is 0.567. The molecule has 1 aliphatic heterocycles. The van der Waals surface area contributed by atoms with E-state index < -0.39 is 5.60 Å². The van der Waals surface area contributed by atoms with Crippen molar-refractivity contribution in [3.8, 4) is 0 Å². The van der Waals surface area contributed by atoms with Crippen LogP contribution in [0.25, 0.3) is 0 Å². The van der Waals surface area contributed by atoms with Crippen molar-refractivity contribution >= 4 is 0 Å². The third-order valence-electron chi connectivity index (χ3n) is 2.87. The summed E-state index contributed by atoms with van der Waals surface area (Å²) in [6, 6.07) is 0. The average Bonchev–Trinajstić information content (AvgIpc) is 2.53. The van der Waals surface area contributed by atoms with E-state index in [0.29, 0.717) is 0 Å². The second-order valence-corrected chi connectivity index (χ2v) is 5.45. The maximum atomic E-state index is 9.65. The molecule has 0 unspecified atom stereocenters. The molecule has 1 rings (SSSR count). The Bertz CT molecular complexity index is 171. The van der Waals surface area contributed by atoms with Gasteiger partial charge in [-0.25, -0.2) is 0 Å². The van der Waals surface area contributed by atoms with Crippen molar-refractivity contribution in [3.05, 3.63) is 0 Å². The fourth-order valence-corrected chi connectivity index (χ4v) is 2.31. The smallest absolute Gasteiger partial charge is 0.0718 e. The summed E-state index contributed by atoms with van der Waals surface area (Å²) in [5.41, 5.74) is -0.567. The first-order valence-electron chi connectivity index (χ1n) is 6.11. The maximum absolute atomic E-state index is 9.65. The molecule has 3 nitrogen and oxygen atoms in total. The van der Waals surface area contributed by atoms with Crippen LogP contribution in [-0.2, 0) is 0 Å². The zero-order chi connectivity index (χ0) is 11.3. The highest BCUT2D eigenvalue weighted by atomic mass is 16.3. The van der Waals surface area contributed by atoms with E-state index in [1.54, 1.807) is 0 Å². The molecule has 90 valence electrons. The Morgan fingerprint density at radius 3 is 2.40 bits per heavy atom. The van der Waals surface area contributed by atoms with Crippen LogP contribution in [0.15, 0.2) is 0 Å². The van der Waals surface area contributed by atoms with Gasteiger partial charge in [-0.2, -0.15) is 0 Å². The quantitative estimate of drug-likeness (QED) is 0.719. The molecule has 1 N–H and O–H groups in total. The van der Waals surface area contributed by atoms with Gasteiger partial charge in [0.05, 0.1) is 5.60 Å². The predicted octanol–water partition coefficient (Wildman–Crippen LogP) is 1.17. The molecule has 1 aliphatic rings. The van der Waals surface area contributed by atoms with Crippen LogP contribution in [0.5, 0.6) is 0 Å². The van der Waals surface area contributed by atoms with E-state index in [9.17, 15) is 5.11 Å². The molecule has 0 spiro atoms. The molecular weight excluding hydrogens is 188 g/mol. The first-order valence-corrected chi connectivity index (χ1v) is 6.11. The number of nitrogens with zero attached hydrogens (tertiary/aromatic N) is 2. The Morgan fingerprint density at radius 2 is 1.87 bits per heavy atom. The summed E-state index contributed by atoms with van der Waals surface area (Å²) in [5.74, 6) is 0. The molecule has 1 fully saturated rings. The number of likely N-dealkylation sites (N-methyl/N-ethyl adjacent to an activating group) is 1. The molecule has 0 aromatic carbocycles. The molecule has 0 bridgehead atoms. The van der Waals surface area contributed by atoms with Crippen LogP contribution in [0.3, 0.4) is 0 Å². The van der Waals surface area contributed by atoms with Gasteiger partial charge in [-0.05, 0) is 66.3 Å². The monoisotopic (exact) mass is 214 g/mol. The Hall–Kier alpha value is -0.120. The van der Waals surface area contributed by atoms with Gasteiger partial charge in [0.15, 0.2) is 0 Å². The van der Waals surface area contributed by atoms with E-state index in [1.807, 2.05) is 13.8 Å². The zero-order valence-corrected chi connectivity index (χ0v) is 10.5. The summed E-state index contributed by atoms with van der Waals surface area (Å²) in [7, 11) is 2.09. The van der Waals surface area contributed by atoms with Crippen molar-refractivity contribution in [3.63, 3.8) is 0 Å². The van der Waals surface area contributed by atoms with Gasteiger partial charge in [0.2, 0.25) is 0 Å². The Kier molecular flexibility index (Phi) is 5.03. The van der Waals surface area contributed by atoms with Crippen LogP contribution in [0.4, 0.5) is 0 Å². The Morgan fingerprint density at radius 1 is 1.27 bits per heavy atom. The van der Waals surface area contributed by atoms with Crippen molar-refractivity contribution < 1.29 is 5.11 Å². The molecule has 0 aromatic rings. The lowest BCUT2D eigenvalue weighted by atomic mass is 10.1. The van der Waals surface area contributed by atoms with Crippen molar-refractivity contribution in [2.24, 2.45) is 0 Å². The molecule has 0 aliphatic carbocycles. The summed E-state index contributed by atoms with van der Waals surface area (Å²) < 4.78 is 0. The van der Waals surface area contributed by atoms with E-state index in [1.165, 1.54) is 38.9 Å². The lowest BCUT2D eigenvalue weighted by Gasteiger charge is -2.26. The summed E-state index contributed by atoms with van der Waals surface area (Å²) in [6.45, 7) is 9.36. The van der Waals surface area contributed by atoms with E-state index in [2.05, 4.69) is 16.8 Å². The molecular formula is C12H26N2O. The zero-order valence-electron chi connectivity index (χ0n) is 10.5. The van der Waals surface area contributed by atoms with Crippen LogP contribution in [0.1, 0.15) is 33.1 Å². The molecule has 1 saturated heterocycles. The molecule has 0 saturated carbocycles. The SMILES string of the molecule is CN(CCCN1CCCC1)CC(C)(C)O. The normalized spacial score (nSPS) is 19.0. The van der Waals surface area contributed by atoms with Crippen molar-refractivity contribution in [1.82, 2.24) is 9.80 Å². The van der Waals surface area contributed by atoms with E-state index in [0.717, 1.165) is 13.1 Å². The van der Waals surface area contributed by atoms with Gasteiger partial charge in [-0.15, -0.1) is 0 Å². The second kappa shape index (κ2) is 5.83. The lowest BCUT2D eigenvalue weighted by Crippen LogP contribution is -2.37. The van der Waals surface area contributed by atoms with Gasteiger partial charge in [-0.1, -0.05) is 0 Å². The minimum atomic E-state index is -0.567. The maximum Gasteiger partial charge on any atom is 0.0718 e. The summed E-state index contributed by atoms with van der Waals surface area (Å²) in [5, 5.41) is 9.65. The van der Waals surface area contributed by atoms with Crippen LogP contribution in [-0.4, -0.2) is 60.3 Å². The number of hydrogen-bond donors (Lipinski definition) is 1. The number of likely N-dealkylation sites (tertiary alicyclic amines) is 1. The molecule has 1 heterocycles. The predicted molar refractivity (Wildman–Crippen MR) is 64.1 cm³/mol. The highest BCUT2D eigenvalue weighted by molar-refractivity contribution is 4.71. The molecule has 0 aromatic heterocycles. The lowest BCUT2D eigenvalue weighted by molar-refractivity contribution is 0.0437. The van der Waals surface area contributed by atoms with E-state index >= 15 is 0 Å². The van der Waals surface area contributed by atoms with Crippen LogP contribution < -0.4 is 0 Å². The van der Waals surface area contributed by atoms with Gasteiger partial charge in [0.25, 0.3) is 0 Å². The number of aliphatic hydroxyl groups is 1.